The van der Waals surface area contributed by atoms with Gasteiger partial charge in [-0.25, -0.2) is 0 Å². The molecule has 1 aliphatic carbocycles. The monoisotopic (exact) mass is 307 g/mol. The van der Waals surface area contributed by atoms with Crippen molar-refractivity contribution in [3.8, 4) is 0 Å². The Labute approximate surface area is 130 Å². The number of halogens is 1. The van der Waals surface area contributed by atoms with Gasteiger partial charge < -0.3 is 16.0 Å². The molecular weight excluding hydrogens is 286 g/mol. The van der Waals surface area contributed by atoms with Gasteiger partial charge in [-0.1, -0.05) is 18.0 Å². The summed E-state index contributed by atoms with van der Waals surface area (Å²) in [4.78, 5) is 14.1. The molecule has 21 heavy (non-hydrogen) atoms. The average Bonchev–Trinajstić information content (AvgIpc) is 3.31. The van der Waals surface area contributed by atoms with Crippen molar-refractivity contribution in [2.24, 2.45) is 5.73 Å². The van der Waals surface area contributed by atoms with Gasteiger partial charge in [0.15, 0.2) is 0 Å². The molecule has 1 amide bonds. The third-order valence-corrected chi connectivity index (χ3v) is 4.59. The fraction of sp³-hybridized carbons (Fsp3) is 0.562. The van der Waals surface area contributed by atoms with Crippen LogP contribution in [0.2, 0.25) is 5.02 Å². The number of amides is 1. The number of carbonyl (C=O) groups is 1. The van der Waals surface area contributed by atoms with Crippen LogP contribution in [0.3, 0.4) is 0 Å². The summed E-state index contributed by atoms with van der Waals surface area (Å²) in [6.45, 7) is 2.03. The summed E-state index contributed by atoms with van der Waals surface area (Å²) in [5.41, 5.74) is 7.00. The van der Waals surface area contributed by atoms with Crippen LogP contribution in [0.15, 0.2) is 18.2 Å². The Hall–Kier alpha value is -1.26. The van der Waals surface area contributed by atoms with Crippen molar-refractivity contribution in [1.82, 2.24) is 5.32 Å². The molecule has 0 aromatic heterocycles. The van der Waals surface area contributed by atoms with Gasteiger partial charge >= 0.3 is 0 Å². The van der Waals surface area contributed by atoms with E-state index in [4.69, 9.17) is 17.3 Å². The van der Waals surface area contributed by atoms with E-state index in [1.807, 2.05) is 12.1 Å². The fourth-order valence-electron chi connectivity index (χ4n) is 3.10. The lowest BCUT2D eigenvalue weighted by Gasteiger charge is -2.33. The van der Waals surface area contributed by atoms with E-state index in [2.05, 4.69) is 10.2 Å². The van der Waals surface area contributed by atoms with Crippen LogP contribution in [0.1, 0.15) is 42.5 Å². The second kappa shape index (κ2) is 6.24. The number of primary amides is 1. The predicted octanol–water partition coefficient (Wildman–Crippen LogP) is 2.55. The van der Waals surface area contributed by atoms with E-state index in [9.17, 15) is 4.79 Å². The van der Waals surface area contributed by atoms with Crippen molar-refractivity contribution < 1.29 is 4.79 Å². The maximum atomic E-state index is 11.7. The van der Waals surface area contributed by atoms with Gasteiger partial charge in [0, 0.05) is 29.3 Å². The first-order valence-electron chi connectivity index (χ1n) is 7.74. The van der Waals surface area contributed by atoms with Gasteiger partial charge in [0.2, 0.25) is 0 Å². The van der Waals surface area contributed by atoms with Crippen molar-refractivity contribution in [2.45, 2.75) is 44.2 Å². The van der Waals surface area contributed by atoms with Crippen molar-refractivity contribution >= 4 is 23.2 Å². The number of nitrogens with one attached hydrogen (secondary N) is 1. The summed E-state index contributed by atoms with van der Waals surface area (Å²) >= 11 is 6.01. The molecule has 114 valence electrons. The maximum absolute atomic E-state index is 11.7. The van der Waals surface area contributed by atoms with Crippen LogP contribution in [0.25, 0.3) is 0 Å². The quantitative estimate of drug-likeness (QED) is 0.879. The Balaban J connectivity index is 1.85. The number of rotatable bonds is 5. The minimum atomic E-state index is -0.408. The van der Waals surface area contributed by atoms with Crippen LogP contribution in [0, 0.1) is 0 Å². The first-order chi connectivity index (χ1) is 10.1. The molecule has 2 aliphatic rings. The van der Waals surface area contributed by atoms with E-state index in [0.717, 1.165) is 18.8 Å². The van der Waals surface area contributed by atoms with Gasteiger partial charge in [0.05, 0.1) is 5.56 Å². The van der Waals surface area contributed by atoms with Crippen LogP contribution >= 0.6 is 11.6 Å². The summed E-state index contributed by atoms with van der Waals surface area (Å²) in [5, 5.41) is 4.13. The zero-order valence-electron chi connectivity index (χ0n) is 12.1. The van der Waals surface area contributed by atoms with Gasteiger partial charge in [-0.2, -0.15) is 0 Å². The summed E-state index contributed by atoms with van der Waals surface area (Å²) in [5.74, 6) is -0.408. The minimum Gasteiger partial charge on any atom is -0.366 e. The smallest absolute Gasteiger partial charge is 0.250 e. The largest absolute Gasteiger partial charge is 0.366 e. The van der Waals surface area contributed by atoms with E-state index < -0.39 is 5.91 Å². The molecule has 4 nitrogen and oxygen atoms in total. The molecule has 3 rings (SSSR count). The molecule has 0 spiro atoms. The van der Waals surface area contributed by atoms with Crippen molar-refractivity contribution in [3.63, 3.8) is 0 Å². The summed E-state index contributed by atoms with van der Waals surface area (Å²) in [6.07, 6.45) is 6.11. The highest BCUT2D eigenvalue weighted by Gasteiger charge is 2.33. The number of anilines is 1. The standard InChI is InChI=1S/C16H22ClN3O/c17-11-4-7-15(14(9-11)16(18)21)20(13-5-6-13)10-12-3-1-2-8-19-12/h4,7,9,12-13,19H,1-3,5-6,8,10H2,(H2,18,21). The van der Waals surface area contributed by atoms with Gasteiger partial charge in [-0.3, -0.25) is 4.79 Å². The van der Waals surface area contributed by atoms with Crippen LogP contribution in [0.4, 0.5) is 5.69 Å². The van der Waals surface area contributed by atoms with Gasteiger partial charge in [-0.05, 0) is 50.4 Å². The Kier molecular flexibility index (Phi) is 4.36. The zero-order chi connectivity index (χ0) is 14.8. The molecule has 5 heteroatoms. The lowest BCUT2D eigenvalue weighted by atomic mass is 10.0. The number of piperidine rings is 1. The van der Waals surface area contributed by atoms with E-state index >= 15 is 0 Å². The number of nitrogens with two attached hydrogens (primary N) is 1. The molecule has 1 aromatic rings. The zero-order valence-corrected chi connectivity index (χ0v) is 12.9. The predicted molar refractivity (Wildman–Crippen MR) is 86.0 cm³/mol. The number of benzene rings is 1. The highest BCUT2D eigenvalue weighted by molar-refractivity contribution is 6.31. The van der Waals surface area contributed by atoms with Gasteiger partial charge in [-0.15, -0.1) is 0 Å². The third-order valence-electron chi connectivity index (χ3n) is 4.35. The molecular formula is C16H22ClN3O. The number of hydrogen-bond donors (Lipinski definition) is 2. The molecule has 2 fully saturated rings. The van der Waals surface area contributed by atoms with Crippen LogP contribution < -0.4 is 16.0 Å². The molecule has 0 radical (unpaired) electrons. The van der Waals surface area contributed by atoms with Gasteiger partial charge in [0.25, 0.3) is 5.91 Å². The Morgan fingerprint density at radius 1 is 1.33 bits per heavy atom. The lowest BCUT2D eigenvalue weighted by Crippen LogP contribution is -2.45. The fourth-order valence-corrected chi connectivity index (χ4v) is 3.28. The summed E-state index contributed by atoms with van der Waals surface area (Å²) in [7, 11) is 0. The summed E-state index contributed by atoms with van der Waals surface area (Å²) < 4.78 is 0. The normalized spacial score (nSPS) is 22.0. The van der Waals surface area contributed by atoms with E-state index in [0.29, 0.717) is 22.7 Å². The van der Waals surface area contributed by atoms with Crippen LogP contribution in [0.5, 0.6) is 0 Å². The number of hydrogen-bond acceptors (Lipinski definition) is 3. The number of nitrogens with zero attached hydrogens (tertiary/aromatic N) is 1. The van der Waals surface area contributed by atoms with Crippen molar-refractivity contribution in [3.05, 3.63) is 28.8 Å². The lowest BCUT2D eigenvalue weighted by molar-refractivity contribution is 0.100. The third kappa shape index (κ3) is 3.50. The first kappa shape index (κ1) is 14.7. The second-order valence-corrected chi connectivity index (χ2v) is 6.49. The van der Waals surface area contributed by atoms with Crippen LogP contribution in [-0.2, 0) is 0 Å². The van der Waals surface area contributed by atoms with E-state index in [1.54, 1.807) is 6.07 Å². The molecule has 1 aliphatic heterocycles. The molecule has 3 N–H and O–H groups in total. The van der Waals surface area contributed by atoms with E-state index in [1.165, 1.54) is 32.1 Å². The molecule has 1 saturated heterocycles. The minimum absolute atomic E-state index is 0.408. The molecule has 1 atom stereocenters. The second-order valence-electron chi connectivity index (χ2n) is 6.06. The van der Waals surface area contributed by atoms with Gasteiger partial charge in [0.1, 0.15) is 0 Å². The molecule has 1 unspecified atom stereocenters. The van der Waals surface area contributed by atoms with E-state index in [-0.39, 0.29) is 0 Å². The maximum Gasteiger partial charge on any atom is 0.250 e. The molecule has 1 saturated carbocycles. The SMILES string of the molecule is NC(=O)c1cc(Cl)ccc1N(CC1CCCCN1)C1CC1. The summed E-state index contributed by atoms with van der Waals surface area (Å²) in [6, 6.07) is 6.49. The Morgan fingerprint density at radius 3 is 2.76 bits per heavy atom. The van der Waals surface area contributed by atoms with Crippen molar-refractivity contribution in [2.75, 3.05) is 18.0 Å². The Bertz CT molecular complexity index is 524. The Morgan fingerprint density at radius 2 is 2.14 bits per heavy atom. The highest BCUT2D eigenvalue weighted by atomic mass is 35.5. The average molecular weight is 308 g/mol. The first-order valence-corrected chi connectivity index (χ1v) is 8.12. The molecule has 1 aromatic carbocycles. The van der Waals surface area contributed by atoms with Crippen LogP contribution in [-0.4, -0.2) is 31.1 Å². The van der Waals surface area contributed by atoms with Crippen molar-refractivity contribution in [1.29, 1.82) is 0 Å². The molecule has 0 bridgehead atoms. The topological polar surface area (TPSA) is 58.4 Å². The highest BCUT2D eigenvalue weighted by Crippen LogP contribution is 2.35. The molecule has 1 heterocycles. The number of carbonyl (C=O) groups excluding carboxylic acids is 1.